The van der Waals surface area contributed by atoms with Crippen LogP contribution in [0.25, 0.3) is 0 Å². The molecule has 170 valence electrons. The van der Waals surface area contributed by atoms with Gasteiger partial charge in [0.25, 0.3) is 21.6 Å². The third-order valence-corrected chi connectivity index (χ3v) is 6.32. The van der Waals surface area contributed by atoms with E-state index in [0.717, 1.165) is 6.07 Å². The number of nitro benzene ring substituents is 1. The number of carbonyl (C=O) groups excluding carboxylic acids is 2. The van der Waals surface area contributed by atoms with Crippen molar-refractivity contribution < 1.29 is 27.7 Å². The molecule has 0 bridgehead atoms. The molecular weight excluding hydrogens is 440 g/mol. The molecule has 32 heavy (non-hydrogen) atoms. The SMILES string of the molecule is COC(=O)N1CCCN(C(=O)c2ccccc2NS(=O)(=O)c2cccc([N+](=O)[O-])c2)CC1. The number of methoxy groups -OCH3 is 1. The Morgan fingerprint density at radius 2 is 1.72 bits per heavy atom. The maximum Gasteiger partial charge on any atom is 0.409 e. The summed E-state index contributed by atoms with van der Waals surface area (Å²) in [6.45, 7) is 1.38. The molecule has 2 aromatic rings. The Kier molecular flexibility index (Phi) is 6.93. The highest BCUT2D eigenvalue weighted by molar-refractivity contribution is 7.92. The van der Waals surface area contributed by atoms with Crippen LogP contribution in [0.4, 0.5) is 16.2 Å². The van der Waals surface area contributed by atoms with E-state index in [0.29, 0.717) is 26.1 Å². The van der Waals surface area contributed by atoms with E-state index in [-0.39, 0.29) is 28.4 Å². The Hall–Kier alpha value is -3.67. The molecule has 1 aliphatic rings. The van der Waals surface area contributed by atoms with Crippen LogP contribution in [-0.2, 0) is 14.8 Å². The average Bonchev–Trinajstić information content (AvgIpc) is 3.04. The van der Waals surface area contributed by atoms with E-state index in [2.05, 4.69) is 4.72 Å². The summed E-state index contributed by atoms with van der Waals surface area (Å²) in [5.41, 5.74) is -0.178. The molecule has 3 rings (SSSR count). The first-order chi connectivity index (χ1) is 15.2. The highest BCUT2D eigenvalue weighted by Gasteiger charge is 2.26. The number of anilines is 1. The molecule has 2 aromatic carbocycles. The summed E-state index contributed by atoms with van der Waals surface area (Å²) in [4.78, 5) is 38.0. The number of nitro groups is 1. The highest BCUT2D eigenvalue weighted by Crippen LogP contribution is 2.24. The van der Waals surface area contributed by atoms with Gasteiger partial charge in [-0.3, -0.25) is 19.6 Å². The maximum absolute atomic E-state index is 13.2. The fourth-order valence-electron chi connectivity index (χ4n) is 3.33. The topological polar surface area (TPSA) is 139 Å². The van der Waals surface area contributed by atoms with Crippen LogP contribution in [0.5, 0.6) is 0 Å². The fourth-order valence-corrected chi connectivity index (χ4v) is 4.45. The molecule has 0 unspecified atom stereocenters. The van der Waals surface area contributed by atoms with Crippen LogP contribution >= 0.6 is 0 Å². The number of para-hydroxylation sites is 1. The average molecular weight is 462 g/mol. The predicted octanol–water partition coefficient (Wildman–Crippen LogP) is 2.31. The number of nitrogens with zero attached hydrogens (tertiary/aromatic N) is 3. The van der Waals surface area contributed by atoms with Crippen LogP contribution in [0, 0.1) is 10.1 Å². The summed E-state index contributed by atoms with van der Waals surface area (Å²) >= 11 is 0. The zero-order chi connectivity index (χ0) is 23.3. The van der Waals surface area contributed by atoms with Crippen molar-refractivity contribution in [3.05, 3.63) is 64.2 Å². The summed E-state index contributed by atoms with van der Waals surface area (Å²) in [7, 11) is -2.89. The number of nitrogens with one attached hydrogen (secondary N) is 1. The lowest BCUT2D eigenvalue weighted by molar-refractivity contribution is -0.385. The van der Waals surface area contributed by atoms with Gasteiger partial charge in [-0.15, -0.1) is 0 Å². The van der Waals surface area contributed by atoms with Crippen LogP contribution in [0.1, 0.15) is 16.8 Å². The molecule has 0 saturated carbocycles. The Morgan fingerprint density at radius 3 is 2.44 bits per heavy atom. The summed E-state index contributed by atoms with van der Waals surface area (Å²) in [5, 5.41) is 11.0. The van der Waals surface area contributed by atoms with Crippen LogP contribution in [0.2, 0.25) is 0 Å². The van der Waals surface area contributed by atoms with Crippen molar-refractivity contribution >= 4 is 33.4 Å². The first-order valence-electron chi connectivity index (χ1n) is 9.71. The molecule has 0 spiro atoms. The molecule has 1 heterocycles. The zero-order valence-corrected chi connectivity index (χ0v) is 18.1. The Morgan fingerprint density at radius 1 is 1.03 bits per heavy atom. The molecular formula is C20H22N4O7S. The lowest BCUT2D eigenvalue weighted by Gasteiger charge is -2.22. The van der Waals surface area contributed by atoms with Crippen molar-refractivity contribution in [3.8, 4) is 0 Å². The largest absolute Gasteiger partial charge is 0.453 e. The molecule has 1 N–H and O–H groups in total. The van der Waals surface area contributed by atoms with Crippen molar-refractivity contribution in [2.24, 2.45) is 0 Å². The van der Waals surface area contributed by atoms with Gasteiger partial charge >= 0.3 is 6.09 Å². The number of non-ortho nitro benzene ring substituents is 1. The van der Waals surface area contributed by atoms with Gasteiger partial charge in [0, 0.05) is 38.3 Å². The van der Waals surface area contributed by atoms with E-state index >= 15 is 0 Å². The van der Waals surface area contributed by atoms with Gasteiger partial charge in [0.05, 0.1) is 28.2 Å². The van der Waals surface area contributed by atoms with Crippen molar-refractivity contribution in [2.45, 2.75) is 11.3 Å². The lowest BCUT2D eigenvalue weighted by Crippen LogP contribution is -2.37. The maximum atomic E-state index is 13.2. The van der Waals surface area contributed by atoms with Crippen molar-refractivity contribution in [2.75, 3.05) is 38.0 Å². The van der Waals surface area contributed by atoms with Crippen molar-refractivity contribution in [1.29, 1.82) is 0 Å². The number of rotatable bonds is 5. The van der Waals surface area contributed by atoms with E-state index in [1.54, 1.807) is 17.0 Å². The molecule has 0 radical (unpaired) electrons. The van der Waals surface area contributed by atoms with E-state index in [1.165, 1.54) is 42.3 Å². The number of amides is 2. The summed E-state index contributed by atoms with van der Waals surface area (Å²) in [5.74, 6) is -0.394. The van der Waals surface area contributed by atoms with Crippen LogP contribution < -0.4 is 4.72 Å². The van der Waals surface area contributed by atoms with E-state index in [4.69, 9.17) is 4.74 Å². The second kappa shape index (κ2) is 9.64. The lowest BCUT2D eigenvalue weighted by atomic mass is 10.1. The van der Waals surface area contributed by atoms with Gasteiger partial charge in [0.15, 0.2) is 0 Å². The molecule has 12 heteroatoms. The summed E-state index contributed by atoms with van der Waals surface area (Å²) < 4.78 is 32.7. The second-order valence-corrected chi connectivity index (χ2v) is 8.69. The normalized spacial score (nSPS) is 14.4. The standard InChI is InChI=1S/C20H22N4O7S/c1-31-20(26)23-11-5-10-22(12-13-23)19(25)17-8-2-3-9-18(17)21-32(29,30)16-7-4-6-15(14-16)24(27)28/h2-4,6-9,14,21H,5,10-13H2,1H3. The molecule has 11 nitrogen and oxygen atoms in total. The third-order valence-electron chi connectivity index (χ3n) is 4.96. The van der Waals surface area contributed by atoms with Crippen LogP contribution in [-0.4, -0.2) is 68.4 Å². The van der Waals surface area contributed by atoms with Crippen molar-refractivity contribution in [3.63, 3.8) is 0 Å². The van der Waals surface area contributed by atoms with E-state index in [1.807, 2.05) is 0 Å². The molecule has 1 fully saturated rings. The van der Waals surface area contributed by atoms with Gasteiger partial charge in [0.2, 0.25) is 0 Å². The van der Waals surface area contributed by atoms with Crippen LogP contribution in [0.15, 0.2) is 53.4 Å². The Balaban J connectivity index is 1.83. The number of ether oxygens (including phenoxy) is 1. The minimum atomic E-state index is -4.18. The summed E-state index contributed by atoms with van der Waals surface area (Å²) in [6, 6.07) is 10.8. The molecule has 1 aliphatic heterocycles. The second-order valence-electron chi connectivity index (χ2n) is 7.01. The summed E-state index contributed by atoms with van der Waals surface area (Å²) in [6.07, 6.45) is 0.0759. The molecule has 0 aromatic heterocycles. The van der Waals surface area contributed by atoms with Gasteiger partial charge in [-0.05, 0) is 24.6 Å². The molecule has 0 atom stereocenters. The number of hydrogen-bond donors (Lipinski definition) is 1. The molecule has 1 saturated heterocycles. The first-order valence-corrected chi connectivity index (χ1v) is 11.2. The van der Waals surface area contributed by atoms with E-state index in [9.17, 15) is 28.1 Å². The predicted molar refractivity (Wildman–Crippen MR) is 115 cm³/mol. The molecule has 2 amide bonds. The first kappa shape index (κ1) is 23.0. The Labute approximate surface area is 184 Å². The van der Waals surface area contributed by atoms with Gasteiger partial charge in [0.1, 0.15) is 0 Å². The quantitative estimate of drug-likeness (QED) is 0.531. The van der Waals surface area contributed by atoms with Gasteiger partial charge in [-0.25, -0.2) is 13.2 Å². The van der Waals surface area contributed by atoms with Gasteiger partial charge in [-0.1, -0.05) is 18.2 Å². The zero-order valence-electron chi connectivity index (χ0n) is 17.3. The number of sulfonamides is 1. The third kappa shape index (κ3) is 5.14. The smallest absolute Gasteiger partial charge is 0.409 e. The number of carbonyl (C=O) groups is 2. The monoisotopic (exact) mass is 462 g/mol. The fraction of sp³-hybridized carbons (Fsp3) is 0.300. The minimum Gasteiger partial charge on any atom is -0.453 e. The van der Waals surface area contributed by atoms with E-state index < -0.39 is 26.9 Å². The number of benzene rings is 2. The highest BCUT2D eigenvalue weighted by atomic mass is 32.2. The number of hydrogen-bond acceptors (Lipinski definition) is 7. The minimum absolute atomic E-state index is 0.0538. The van der Waals surface area contributed by atoms with Gasteiger partial charge in [-0.2, -0.15) is 0 Å². The van der Waals surface area contributed by atoms with Crippen LogP contribution in [0.3, 0.4) is 0 Å². The molecule has 0 aliphatic carbocycles. The Bertz CT molecular complexity index is 1140. The van der Waals surface area contributed by atoms with Gasteiger partial charge < -0.3 is 14.5 Å². The van der Waals surface area contributed by atoms with Crippen molar-refractivity contribution in [1.82, 2.24) is 9.80 Å².